The van der Waals surface area contributed by atoms with E-state index in [0.717, 1.165) is 24.3 Å². The first kappa shape index (κ1) is 13.6. The van der Waals surface area contributed by atoms with Crippen LogP contribution < -0.4 is 4.74 Å². The molecule has 1 saturated heterocycles. The Labute approximate surface area is 128 Å². The number of benzene rings is 1. The molecule has 0 unspecified atom stereocenters. The van der Waals surface area contributed by atoms with Crippen molar-refractivity contribution in [3.05, 3.63) is 29.3 Å². The number of likely N-dealkylation sites (N-methyl/N-ethyl adjacent to an activating group) is 1. The van der Waals surface area contributed by atoms with Crippen molar-refractivity contribution in [2.75, 3.05) is 20.2 Å². The molecular formula is C19H27NO. The molecule has 1 aromatic rings. The summed E-state index contributed by atoms with van der Waals surface area (Å²) in [6.07, 6.45) is 8.23. The quantitative estimate of drug-likeness (QED) is 0.820. The second-order valence-electron chi connectivity index (χ2n) is 7.26. The number of nitrogens with zero attached hydrogens (tertiary/aromatic N) is 1. The molecule has 2 fully saturated rings. The molecule has 21 heavy (non-hydrogen) atoms. The minimum absolute atomic E-state index is 0.454. The number of hydrogen-bond acceptors (Lipinski definition) is 2. The fraction of sp³-hybridized carbons (Fsp3) is 0.684. The highest BCUT2D eigenvalue weighted by Gasteiger charge is 2.53. The number of rotatable bonds is 2. The van der Waals surface area contributed by atoms with Crippen molar-refractivity contribution in [1.29, 1.82) is 0 Å². The largest absolute Gasteiger partial charge is 0.494 e. The molecule has 0 aromatic heterocycles. The molecular weight excluding hydrogens is 258 g/mol. The maximum Gasteiger partial charge on any atom is 0.119 e. The van der Waals surface area contributed by atoms with E-state index in [9.17, 15) is 0 Å². The first-order chi connectivity index (χ1) is 10.2. The lowest BCUT2D eigenvalue weighted by molar-refractivity contribution is 0.00271. The van der Waals surface area contributed by atoms with Crippen molar-refractivity contribution in [2.24, 2.45) is 5.92 Å². The van der Waals surface area contributed by atoms with Crippen molar-refractivity contribution in [1.82, 2.24) is 4.90 Å². The van der Waals surface area contributed by atoms with Crippen LogP contribution in [0.4, 0.5) is 0 Å². The van der Waals surface area contributed by atoms with Gasteiger partial charge in [-0.15, -0.1) is 0 Å². The summed E-state index contributed by atoms with van der Waals surface area (Å²) in [5.41, 5.74) is 3.69. The first-order valence-corrected chi connectivity index (χ1v) is 8.71. The summed E-state index contributed by atoms with van der Waals surface area (Å²) in [7, 11) is 2.34. The lowest BCUT2D eigenvalue weighted by Crippen LogP contribution is -2.59. The van der Waals surface area contributed by atoms with E-state index in [1.807, 2.05) is 0 Å². The molecule has 3 aliphatic rings. The van der Waals surface area contributed by atoms with E-state index in [1.54, 1.807) is 11.1 Å². The molecule has 1 aliphatic heterocycles. The van der Waals surface area contributed by atoms with Crippen LogP contribution in [0, 0.1) is 5.92 Å². The van der Waals surface area contributed by atoms with Crippen molar-refractivity contribution in [2.45, 2.75) is 56.9 Å². The second kappa shape index (κ2) is 5.01. The summed E-state index contributed by atoms with van der Waals surface area (Å²) in [4.78, 5) is 2.63. The summed E-state index contributed by atoms with van der Waals surface area (Å²) in [6.45, 7) is 4.10. The fourth-order valence-corrected chi connectivity index (χ4v) is 5.43. The van der Waals surface area contributed by atoms with Gasteiger partial charge in [-0.25, -0.2) is 0 Å². The van der Waals surface area contributed by atoms with Gasteiger partial charge in [0.1, 0.15) is 5.75 Å². The van der Waals surface area contributed by atoms with E-state index >= 15 is 0 Å². The number of piperidine rings is 1. The van der Waals surface area contributed by atoms with Crippen LogP contribution in [-0.2, 0) is 11.8 Å². The van der Waals surface area contributed by atoms with Crippen LogP contribution in [0.15, 0.2) is 18.2 Å². The standard InChI is InChI=1S/C19H27NO/c1-3-21-15-8-7-14-12-18-16-6-4-5-9-19(16,17(14)13-15)10-11-20(18)2/h7-8,13,16,18H,3-6,9-12H2,1-2H3/t16-,18+,19+/m1/s1. The Kier molecular flexibility index (Phi) is 3.25. The predicted octanol–water partition coefficient (Wildman–Crippen LogP) is 3.77. The molecule has 1 heterocycles. The highest BCUT2D eigenvalue weighted by atomic mass is 16.5. The highest BCUT2D eigenvalue weighted by Crippen LogP contribution is 2.55. The molecule has 0 spiro atoms. The Balaban J connectivity index is 1.83. The molecule has 2 bridgehead atoms. The molecule has 2 heteroatoms. The smallest absolute Gasteiger partial charge is 0.119 e. The van der Waals surface area contributed by atoms with Gasteiger partial charge < -0.3 is 9.64 Å². The Hall–Kier alpha value is -1.02. The highest BCUT2D eigenvalue weighted by molar-refractivity contribution is 5.45. The lowest BCUT2D eigenvalue weighted by atomic mass is 9.52. The number of fused-ring (bicyclic) bond motifs is 1. The average molecular weight is 285 g/mol. The van der Waals surface area contributed by atoms with Gasteiger partial charge in [-0.3, -0.25) is 0 Å². The monoisotopic (exact) mass is 285 g/mol. The van der Waals surface area contributed by atoms with Crippen LogP contribution in [-0.4, -0.2) is 31.1 Å². The minimum atomic E-state index is 0.454. The maximum atomic E-state index is 5.80. The second-order valence-corrected chi connectivity index (χ2v) is 7.26. The molecule has 1 saturated carbocycles. The summed E-state index contributed by atoms with van der Waals surface area (Å²) in [5.74, 6) is 1.95. The zero-order valence-electron chi connectivity index (χ0n) is 13.4. The van der Waals surface area contributed by atoms with Crippen molar-refractivity contribution < 1.29 is 4.74 Å². The van der Waals surface area contributed by atoms with E-state index in [2.05, 4.69) is 37.1 Å². The van der Waals surface area contributed by atoms with Crippen LogP contribution >= 0.6 is 0 Å². The van der Waals surface area contributed by atoms with E-state index in [4.69, 9.17) is 4.74 Å². The Morgan fingerprint density at radius 1 is 1.29 bits per heavy atom. The van der Waals surface area contributed by atoms with Crippen molar-refractivity contribution in [3.63, 3.8) is 0 Å². The first-order valence-electron chi connectivity index (χ1n) is 8.71. The molecule has 2 aliphatic carbocycles. The van der Waals surface area contributed by atoms with Gasteiger partial charge in [0.25, 0.3) is 0 Å². The number of ether oxygens (including phenoxy) is 1. The van der Waals surface area contributed by atoms with Gasteiger partial charge in [0.05, 0.1) is 6.61 Å². The molecule has 0 amide bonds. The third-order valence-corrected chi connectivity index (χ3v) is 6.40. The fourth-order valence-electron chi connectivity index (χ4n) is 5.43. The van der Waals surface area contributed by atoms with E-state index in [0.29, 0.717) is 5.41 Å². The van der Waals surface area contributed by atoms with Gasteiger partial charge >= 0.3 is 0 Å². The van der Waals surface area contributed by atoms with Crippen molar-refractivity contribution in [3.8, 4) is 5.75 Å². The lowest BCUT2D eigenvalue weighted by Gasteiger charge is -2.58. The third-order valence-electron chi connectivity index (χ3n) is 6.40. The van der Waals surface area contributed by atoms with Crippen LogP contribution in [0.3, 0.4) is 0 Å². The molecule has 1 aromatic carbocycles. The Morgan fingerprint density at radius 3 is 3.05 bits per heavy atom. The van der Waals surface area contributed by atoms with Gasteiger partial charge in [-0.2, -0.15) is 0 Å². The molecule has 114 valence electrons. The zero-order valence-corrected chi connectivity index (χ0v) is 13.4. The topological polar surface area (TPSA) is 12.5 Å². The molecule has 3 atom stereocenters. The predicted molar refractivity (Wildman–Crippen MR) is 86.0 cm³/mol. The van der Waals surface area contributed by atoms with Crippen molar-refractivity contribution >= 4 is 0 Å². The van der Waals surface area contributed by atoms with Crippen LogP contribution in [0.5, 0.6) is 5.75 Å². The van der Waals surface area contributed by atoms with E-state index < -0.39 is 0 Å². The van der Waals surface area contributed by atoms with Gasteiger partial charge in [0.2, 0.25) is 0 Å². The van der Waals surface area contributed by atoms with E-state index in [-0.39, 0.29) is 0 Å². The molecule has 4 rings (SSSR count). The normalized spacial score (nSPS) is 35.0. The number of hydrogen-bond donors (Lipinski definition) is 0. The molecule has 0 radical (unpaired) electrons. The molecule has 2 nitrogen and oxygen atoms in total. The van der Waals surface area contributed by atoms with Gasteiger partial charge in [0.15, 0.2) is 0 Å². The Bertz CT molecular complexity index is 540. The average Bonchev–Trinajstić information content (AvgIpc) is 2.52. The van der Waals surface area contributed by atoms with Crippen LogP contribution in [0.1, 0.15) is 50.2 Å². The van der Waals surface area contributed by atoms with Crippen LogP contribution in [0.25, 0.3) is 0 Å². The SMILES string of the molecule is CCOc1ccc2c(c1)[C@]13CCCC[C@@H]1[C@H](C2)N(C)CC3. The summed E-state index contributed by atoms with van der Waals surface area (Å²) >= 11 is 0. The summed E-state index contributed by atoms with van der Waals surface area (Å²) < 4.78 is 5.80. The van der Waals surface area contributed by atoms with Crippen LogP contribution in [0.2, 0.25) is 0 Å². The maximum absolute atomic E-state index is 5.80. The Morgan fingerprint density at radius 2 is 2.19 bits per heavy atom. The summed E-state index contributed by atoms with van der Waals surface area (Å²) in [6, 6.07) is 7.68. The molecule has 0 N–H and O–H groups in total. The van der Waals surface area contributed by atoms with Gasteiger partial charge in [0, 0.05) is 11.5 Å². The van der Waals surface area contributed by atoms with E-state index in [1.165, 1.54) is 45.1 Å². The zero-order chi connectivity index (χ0) is 14.4. The third kappa shape index (κ3) is 1.95. The summed E-state index contributed by atoms with van der Waals surface area (Å²) in [5, 5.41) is 0. The van der Waals surface area contributed by atoms with Gasteiger partial charge in [-0.1, -0.05) is 18.9 Å². The minimum Gasteiger partial charge on any atom is -0.494 e. The number of likely N-dealkylation sites (tertiary alicyclic amines) is 1. The van der Waals surface area contributed by atoms with Gasteiger partial charge in [-0.05, 0) is 75.4 Å².